The lowest BCUT2D eigenvalue weighted by atomic mass is 9.94. The lowest BCUT2D eigenvalue weighted by Gasteiger charge is -2.13. The van der Waals surface area contributed by atoms with Gasteiger partial charge in [-0.25, -0.2) is 0 Å². The van der Waals surface area contributed by atoms with Crippen LogP contribution in [0.2, 0.25) is 0 Å². The summed E-state index contributed by atoms with van der Waals surface area (Å²) in [6, 6.07) is 14.3. The van der Waals surface area contributed by atoms with Crippen LogP contribution in [0.5, 0.6) is 0 Å². The zero-order valence-electron chi connectivity index (χ0n) is 11.4. The van der Waals surface area contributed by atoms with Crippen molar-refractivity contribution in [1.29, 1.82) is 0 Å². The SMILES string of the molecule is C=C(N)c1ccccc1-c1cc(Br)ccc1C/N=C\C. The van der Waals surface area contributed by atoms with E-state index in [2.05, 4.69) is 45.7 Å². The predicted octanol–water partition coefficient (Wildman–Crippen LogP) is 4.64. The summed E-state index contributed by atoms with van der Waals surface area (Å²) in [6.07, 6.45) is 1.82. The first-order chi connectivity index (χ1) is 9.63. The Hall–Kier alpha value is -1.87. The van der Waals surface area contributed by atoms with E-state index >= 15 is 0 Å². The molecule has 0 amide bonds. The number of nitrogens with two attached hydrogens (primary N) is 1. The van der Waals surface area contributed by atoms with E-state index in [1.54, 1.807) is 0 Å². The smallest absolute Gasteiger partial charge is 0.0641 e. The molecule has 102 valence electrons. The summed E-state index contributed by atoms with van der Waals surface area (Å²) in [6.45, 7) is 6.44. The Bertz CT molecular complexity index is 660. The van der Waals surface area contributed by atoms with E-state index in [4.69, 9.17) is 5.73 Å². The van der Waals surface area contributed by atoms with Gasteiger partial charge in [-0.1, -0.05) is 52.8 Å². The Morgan fingerprint density at radius 2 is 2.00 bits per heavy atom. The molecular formula is C17H17BrN2. The molecule has 0 aliphatic rings. The Morgan fingerprint density at radius 3 is 2.70 bits per heavy atom. The first-order valence-corrected chi connectivity index (χ1v) is 7.19. The molecule has 20 heavy (non-hydrogen) atoms. The summed E-state index contributed by atoms with van der Waals surface area (Å²) < 4.78 is 1.04. The van der Waals surface area contributed by atoms with E-state index in [-0.39, 0.29) is 0 Å². The average Bonchev–Trinajstić information content (AvgIpc) is 2.46. The van der Waals surface area contributed by atoms with Gasteiger partial charge in [0, 0.05) is 15.7 Å². The van der Waals surface area contributed by atoms with Gasteiger partial charge in [-0.2, -0.15) is 0 Å². The number of benzene rings is 2. The molecular weight excluding hydrogens is 312 g/mol. The maximum absolute atomic E-state index is 5.90. The Kier molecular flexibility index (Phi) is 4.74. The van der Waals surface area contributed by atoms with Crippen molar-refractivity contribution in [2.45, 2.75) is 13.5 Å². The number of aliphatic imine (C=N–C) groups is 1. The van der Waals surface area contributed by atoms with Crippen LogP contribution in [0.1, 0.15) is 18.1 Å². The molecule has 0 aromatic heterocycles. The number of hydrogen-bond donors (Lipinski definition) is 1. The van der Waals surface area contributed by atoms with Gasteiger partial charge in [0.1, 0.15) is 0 Å². The van der Waals surface area contributed by atoms with Crippen LogP contribution >= 0.6 is 15.9 Å². The molecule has 2 aromatic rings. The van der Waals surface area contributed by atoms with Crippen molar-refractivity contribution >= 4 is 27.8 Å². The first-order valence-electron chi connectivity index (χ1n) is 6.40. The van der Waals surface area contributed by atoms with Crippen molar-refractivity contribution < 1.29 is 0 Å². The van der Waals surface area contributed by atoms with E-state index < -0.39 is 0 Å². The Balaban J connectivity index is 2.62. The first kappa shape index (κ1) is 14.5. The van der Waals surface area contributed by atoms with Gasteiger partial charge in [-0.15, -0.1) is 0 Å². The Morgan fingerprint density at radius 1 is 1.25 bits per heavy atom. The van der Waals surface area contributed by atoms with E-state index in [0.717, 1.165) is 21.2 Å². The highest BCUT2D eigenvalue weighted by molar-refractivity contribution is 9.10. The number of nitrogens with zero attached hydrogens (tertiary/aromatic N) is 1. The second kappa shape index (κ2) is 6.53. The summed E-state index contributed by atoms with van der Waals surface area (Å²) in [5.41, 5.74) is 10.8. The minimum absolute atomic E-state index is 0.575. The molecule has 0 radical (unpaired) electrons. The van der Waals surface area contributed by atoms with Crippen LogP contribution in [0.3, 0.4) is 0 Å². The van der Waals surface area contributed by atoms with Gasteiger partial charge >= 0.3 is 0 Å². The number of rotatable bonds is 4. The second-order valence-corrected chi connectivity index (χ2v) is 5.39. The normalized spacial score (nSPS) is 10.9. The predicted molar refractivity (Wildman–Crippen MR) is 90.7 cm³/mol. The molecule has 0 aliphatic heterocycles. The third kappa shape index (κ3) is 3.17. The largest absolute Gasteiger partial charge is 0.399 e. The minimum Gasteiger partial charge on any atom is -0.399 e. The molecule has 0 unspecified atom stereocenters. The highest BCUT2D eigenvalue weighted by atomic mass is 79.9. The summed E-state index contributed by atoms with van der Waals surface area (Å²) in [4.78, 5) is 4.34. The molecule has 0 aliphatic carbocycles. The fraction of sp³-hybridized carbons (Fsp3) is 0.118. The molecule has 0 saturated heterocycles. The standard InChI is InChI=1S/C17H17BrN2/c1-3-20-11-13-8-9-14(18)10-17(13)16-7-5-4-6-15(16)12(2)19/h3-10H,2,11,19H2,1H3/b20-3-. The topological polar surface area (TPSA) is 38.4 Å². The van der Waals surface area contributed by atoms with Crippen LogP contribution < -0.4 is 5.73 Å². The van der Waals surface area contributed by atoms with Crippen LogP contribution in [0.4, 0.5) is 0 Å². The molecule has 0 bridgehead atoms. The molecule has 0 spiro atoms. The van der Waals surface area contributed by atoms with Gasteiger partial charge in [-0.05, 0) is 42.0 Å². The van der Waals surface area contributed by atoms with E-state index in [1.807, 2.05) is 37.4 Å². The van der Waals surface area contributed by atoms with E-state index in [1.165, 1.54) is 5.56 Å². The molecule has 2 rings (SSSR count). The molecule has 2 N–H and O–H groups in total. The monoisotopic (exact) mass is 328 g/mol. The van der Waals surface area contributed by atoms with Gasteiger partial charge in [0.25, 0.3) is 0 Å². The van der Waals surface area contributed by atoms with Crippen molar-refractivity contribution in [1.82, 2.24) is 0 Å². The van der Waals surface area contributed by atoms with E-state index in [9.17, 15) is 0 Å². The van der Waals surface area contributed by atoms with Crippen molar-refractivity contribution in [2.75, 3.05) is 0 Å². The van der Waals surface area contributed by atoms with Crippen molar-refractivity contribution in [3.8, 4) is 11.1 Å². The summed E-state index contributed by atoms with van der Waals surface area (Å²) >= 11 is 3.53. The molecule has 3 heteroatoms. The molecule has 0 atom stereocenters. The molecule has 0 heterocycles. The summed E-state index contributed by atoms with van der Waals surface area (Å²) in [5, 5.41) is 0. The molecule has 2 nitrogen and oxygen atoms in total. The maximum Gasteiger partial charge on any atom is 0.0641 e. The van der Waals surface area contributed by atoms with Crippen LogP contribution in [0.25, 0.3) is 16.8 Å². The third-order valence-corrected chi connectivity index (χ3v) is 3.57. The summed E-state index contributed by atoms with van der Waals surface area (Å²) in [5.74, 6) is 0. The second-order valence-electron chi connectivity index (χ2n) is 4.47. The number of halogens is 1. The quantitative estimate of drug-likeness (QED) is 0.816. The van der Waals surface area contributed by atoms with Gasteiger partial charge in [-0.3, -0.25) is 4.99 Å². The van der Waals surface area contributed by atoms with Crippen LogP contribution in [-0.2, 0) is 6.54 Å². The highest BCUT2D eigenvalue weighted by Gasteiger charge is 2.10. The van der Waals surface area contributed by atoms with Crippen molar-refractivity contribution in [3.63, 3.8) is 0 Å². The zero-order chi connectivity index (χ0) is 14.5. The molecule has 0 fully saturated rings. The maximum atomic E-state index is 5.90. The van der Waals surface area contributed by atoms with Crippen LogP contribution in [-0.4, -0.2) is 6.21 Å². The van der Waals surface area contributed by atoms with Gasteiger partial charge in [0.15, 0.2) is 0 Å². The van der Waals surface area contributed by atoms with Crippen LogP contribution in [0, 0.1) is 0 Å². The van der Waals surface area contributed by atoms with Crippen molar-refractivity contribution in [3.05, 3.63) is 64.6 Å². The van der Waals surface area contributed by atoms with Gasteiger partial charge < -0.3 is 5.73 Å². The minimum atomic E-state index is 0.575. The van der Waals surface area contributed by atoms with Gasteiger partial charge in [0.2, 0.25) is 0 Å². The Labute approximate surface area is 128 Å². The van der Waals surface area contributed by atoms with E-state index in [0.29, 0.717) is 12.2 Å². The summed E-state index contributed by atoms with van der Waals surface area (Å²) in [7, 11) is 0. The third-order valence-electron chi connectivity index (χ3n) is 3.08. The lowest BCUT2D eigenvalue weighted by molar-refractivity contribution is 1.08. The lowest BCUT2D eigenvalue weighted by Crippen LogP contribution is -1.98. The molecule has 2 aromatic carbocycles. The zero-order valence-corrected chi connectivity index (χ0v) is 13.0. The van der Waals surface area contributed by atoms with Crippen molar-refractivity contribution in [2.24, 2.45) is 10.7 Å². The fourth-order valence-corrected chi connectivity index (χ4v) is 2.49. The fourth-order valence-electron chi connectivity index (χ4n) is 2.12. The highest BCUT2D eigenvalue weighted by Crippen LogP contribution is 2.32. The number of hydrogen-bond acceptors (Lipinski definition) is 2. The average molecular weight is 329 g/mol. The van der Waals surface area contributed by atoms with Crippen LogP contribution in [0.15, 0.2) is 58.5 Å². The van der Waals surface area contributed by atoms with Gasteiger partial charge in [0.05, 0.1) is 6.54 Å². The molecule has 0 saturated carbocycles.